The Morgan fingerprint density at radius 2 is 1.77 bits per heavy atom. The molecule has 2 N–H and O–H groups in total. The number of aromatic nitrogens is 2. The standard InChI is InChI=1S/C26H29F3N4O2/c1-15(2)14-30-25(35)19-9-10-23(16(3)11-19)31-24(34)13-22-17(4)32-33(18(22)5)21-8-6-7-20(12-21)26(27,28)29/h6-12,15H,13-14H2,1-5H3,(H,30,35)(H,31,34). The molecule has 0 aliphatic carbocycles. The molecule has 2 aromatic carbocycles. The predicted octanol–water partition coefficient (Wildman–Crippen LogP) is 5.38. The average Bonchev–Trinajstić information content (AvgIpc) is 3.06. The quantitative estimate of drug-likeness (QED) is 0.471. The number of carbonyl (C=O) groups is 2. The molecule has 0 fully saturated rings. The molecule has 0 aliphatic heterocycles. The molecule has 0 aliphatic rings. The van der Waals surface area contributed by atoms with Crippen LogP contribution >= 0.6 is 0 Å². The van der Waals surface area contributed by atoms with Crippen molar-refractivity contribution < 1.29 is 22.8 Å². The molecule has 9 heteroatoms. The topological polar surface area (TPSA) is 76.0 Å². The van der Waals surface area contributed by atoms with Gasteiger partial charge in [0.15, 0.2) is 0 Å². The minimum Gasteiger partial charge on any atom is -0.352 e. The zero-order chi connectivity index (χ0) is 25.9. The molecule has 0 unspecified atom stereocenters. The van der Waals surface area contributed by atoms with Gasteiger partial charge in [-0.15, -0.1) is 0 Å². The minimum atomic E-state index is -4.46. The molecule has 0 saturated heterocycles. The number of halogens is 3. The third-order valence-corrected chi connectivity index (χ3v) is 5.63. The number of aryl methyl sites for hydroxylation is 2. The largest absolute Gasteiger partial charge is 0.416 e. The van der Waals surface area contributed by atoms with Crippen molar-refractivity contribution in [3.05, 3.63) is 76.1 Å². The van der Waals surface area contributed by atoms with Gasteiger partial charge in [0, 0.05) is 29.1 Å². The van der Waals surface area contributed by atoms with Gasteiger partial charge in [0.05, 0.1) is 23.4 Å². The SMILES string of the molecule is Cc1cc(C(=O)NCC(C)C)ccc1NC(=O)Cc1c(C)nn(-c2cccc(C(F)(F)F)c2)c1C. The van der Waals surface area contributed by atoms with Crippen LogP contribution in [-0.4, -0.2) is 28.1 Å². The van der Waals surface area contributed by atoms with E-state index in [0.29, 0.717) is 40.7 Å². The number of rotatable bonds is 7. The van der Waals surface area contributed by atoms with Crippen molar-refractivity contribution in [2.24, 2.45) is 5.92 Å². The van der Waals surface area contributed by atoms with Gasteiger partial charge in [-0.25, -0.2) is 4.68 Å². The van der Waals surface area contributed by atoms with E-state index in [0.717, 1.165) is 17.7 Å². The molecule has 0 atom stereocenters. The van der Waals surface area contributed by atoms with Gasteiger partial charge in [0.1, 0.15) is 0 Å². The summed E-state index contributed by atoms with van der Waals surface area (Å²) in [5.41, 5.74) is 3.12. The van der Waals surface area contributed by atoms with E-state index in [1.54, 1.807) is 45.0 Å². The summed E-state index contributed by atoms with van der Waals surface area (Å²) in [5.74, 6) is -0.128. The fraction of sp³-hybridized carbons (Fsp3) is 0.346. The molecule has 186 valence electrons. The van der Waals surface area contributed by atoms with Crippen molar-refractivity contribution in [3.63, 3.8) is 0 Å². The molecule has 3 rings (SSSR count). The number of nitrogens with zero attached hydrogens (tertiary/aromatic N) is 2. The summed E-state index contributed by atoms with van der Waals surface area (Å²) < 4.78 is 40.8. The van der Waals surface area contributed by atoms with Crippen LogP contribution in [0.1, 0.15) is 52.3 Å². The Bertz CT molecular complexity index is 1250. The summed E-state index contributed by atoms with van der Waals surface area (Å²) in [4.78, 5) is 25.1. The van der Waals surface area contributed by atoms with Crippen molar-refractivity contribution >= 4 is 17.5 Å². The maximum absolute atomic E-state index is 13.1. The first kappa shape index (κ1) is 26.0. The monoisotopic (exact) mass is 486 g/mol. The summed E-state index contributed by atoms with van der Waals surface area (Å²) in [5, 5.41) is 10.1. The Hall–Kier alpha value is -3.62. The molecule has 1 aromatic heterocycles. The lowest BCUT2D eigenvalue weighted by atomic mass is 10.1. The van der Waals surface area contributed by atoms with Crippen LogP contribution in [0.2, 0.25) is 0 Å². The third kappa shape index (κ3) is 6.29. The lowest BCUT2D eigenvalue weighted by Crippen LogP contribution is -2.27. The van der Waals surface area contributed by atoms with Crippen molar-refractivity contribution in [3.8, 4) is 5.69 Å². The maximum Gasteiger partial charge on any atom is 0.416 e. The van der Waals surface area contributed by atoms with Gasteiger partial charge < -0.3 is 10.6 Å². The van der Waals surface area contributed by atoms with Crippen molar-refractivity contribution in [2.75, 3.05) is 11.9 Å². The van der Waals surface area contributed by atoms with Crippen LogP contribution < -0.4 is 10.6 Å². The predicted molar refractivity (Wildman–Crippen MR) is 129 cm³/mol. The number of carbonyl (C=O) groups excluding carboxylic acids is 2. The van der Waals surface area contributed by atoms with Gasteiger partial charge >= 0.3 is 6.18 Å². The highest BCUT2D eigenvalue weighted by Crippen LogP contribution is 2.31. The van der Waals surface area contributed by atoms with E-state index in [9.17, 15) is 22.8 Å². The maximum atomic E-state index is 13.1. The third-order valence-electron chi connectivity index (χ3n) is 5.63. The zero-order valence-corrected chi connectivity index (χ0v) is 20.4. The molecule has 0 radical (unpaired) electrons. The summed E-state index contributed by atoms with van der Waals surface area (Å²) in [7, 11) is 0. The molecule has 35 heavy (non-hydrogen) atoms. The van der Waals surface area contributed by atoms with Crippen molar-refractivity contribution in [2.45, 2.75) is 47.2 Å². The smallest absolute Gasteiger partial charge is 0.352 e. The summed E-state index contributed by atoms with van der Waals surface area (Å²) in [6, 6.07) is 9.96. The van der Waals surface area contributed by atoms with E-state index in [1.165, 1.54) is 10.7 Å². The van der Waals surface area contributed by atoms with Gasteiger partial charge in [-0.1, -0.05) is 19.9 Å². The molecule has 0 spiro atoms. The number of benzene rings is 2. The summed E-state index contributed by atoms with van der Waals surface area (Å²) in [6.07, 6.45) is -4.45. The Kier molecular flexibility index (Phi) is 7.67. The first-order chi connectivity index (χ1) is 16.4. The van der Waals surface area contributed by atoms with Gasteiger partial charge in [-0.3, -0.25) is 9.59 Å². The highest BCUT2D eigenvalue weighted by atomic mass is 19.4. The van der Waals surface area contributed by atoms with Crippen LogP contribution in [0.3, 0.4) is 0 Å². The van der Waals surface area contributed by atoms with Gasteiger partial charge in [0.2, 0.25) is 5.91 Å². The van der Waals surface area contributed by atoms with Crippen LogP contribution in [0.25, 0.3) is 5.69 Å². The van der Waals surface area contributed by atoms with E-state index >= 15 is 0 Å². The highest BCUT2D eigenvalue weighted by Gasteiger charge is 2.31. The number of anilines is 1. The second kappa shape index (κ2) is 10.3. The number of amides is 2. The van der Waals surface area contributed by atoms with Crippen LogP contribution in [0, 0.1) is 26.7 Å². The van der Waals surface area contributed by atoms with Gasteiger partial charge in [-0.05, 0) is 68.7 Å². The van der Waals surface area contributed by atoms with Crippen LogP contribution in [0.5, 0.6) is 0 Å². The Balaban J connectivity index is 1.75. The van der Waals surface area contributed by atoms with E-state index in [1.807, 2.05) is 13.8 Å². The second-order valence-corrected chi connectivity index (χ2v) is 8.97. The molecular formula is C26H29F3N4O2. The Morgan fingerprint density at radius 1 is 1.06 bits per heavy atom. The molecular weight excluding hydrogens is 457 g/mol. The first-order valence-corrected chi connectivity index (χ1v) is 11.3. The fourth-order valence-corrected chi connectivity index (χ4v) is 3.70. The van der Waals surface area contributed by atoms with E-state index in [4.69, 9.17) is 0 Å². The van der Waals surface area contributed by atoms with Crippen LogP contribution in [0.4, 0.5) is 18.9 Å². The molecule has 6 nitrogen and oxygen atoms in total. The Labute approximate surface area is 202 Å². The highest BCUT2D eigenvalue weighted by molar-refractivity contribution is 5.97. The average molecular weight is 487 g/mol. The Morgan fingerprint density at radius 3 is 2.40 bits per heavy atom. The lowest BCUT2D eigenvalue weighted by molar-refractivity contribution is -0.137. The number of nitrogens with one attached hydrogen (secondary N) is 2. The molecule has 1 heterocycles. The van der Waals surface area contributed by atoms with E-state index in [2.05, 4.69) is 15.7 Å². The number of hydrogen-bond donors (Lipinski definition) is 2. The van der Waals surface area contributed by atoms with E-state index in [-0.39, 0.29) is 23.9 Å². The molecule has 0 saturated carbocycles. The van der Waals surface area contributed by atoms with Crippen LogP contribution in [0.15, 0.2) is 42.5 Å². The van der Waals surface area contributed by atoms with Crippen LogP contribution in [-0.2, 0) is 17.4 Å². The van der Waals surface area contributed by atoms with E-state index < -0.39 is 11.7 Å². The number of alkyl halides is 3. The number of hydrogen-bond acceptors (Lipinski definition) is 3. The zero-order valence-electron chi connectivity index (χ0n) is 20.4. The first-order valence-electron chi connectivity index (χ1n) is 11.3. The minimum absolute atomic E-state index is 0.00664. The summed E-state index contributed by atoms with van der Waals surface area (Å²) in [6.45, 7) is 9.84. The van der Waals surface area contributed by atoms with Crippen molar-refractivity contribution in [1.29, 1.82) is 0 Å². The van der Waals surface area contributed by atoms with Gasteiger partial charge in [0.25, 0.3) is 5.91 Å². The second-order valence-electron chi connectivity index (χ2n) is 8.97. The normalized spacial score (nSPS) is 11.6. The summed E-state index contributed by atoms with van der Waals surface area (Å²) >= 11 is 0. The van der Waals surface area contributed by atoms with Crippen molar-refractivity contribution in [1.82, 2.24) is 15.1 Å². The fourth-order valence-electron chi connectivity index (χ4n) is 3.70. The molecule has 3 aromatic rings. The lowest BCUT2D eigenvalue weighted by Gasteiger charge is -2.12. The van der Waals surface area contributed by atoms with Gasteiger partial charge in [-0.2, -0.15) is 18.3 Å². The molecule has 2 amide bonds. The molecule has 0 bridgehead atoms.